The summed E-state index contributed by atoms with van der Waals surface area (Å²) >= 11 is 0. The van der Waals surface area contributed by atoms with Gasteiger partial charge in [0.1, 0.15) is 17.6 Å². The van der Waals surface area contributed by atoms with E-state index in [4.69, 9.17) is 14.9 Å². The van der Waals surface area contributed by atoms with Crippen LogP contribution in [0.4, 0.5) is 0 Å². The fourth-order valence-corrected chi connectivity index (χ4v) is 2.07. The Morgan fingerprint density at radius 1 is 1.30 bits per heavy atom. The maximum atomic E-state index is 6.14. The van der Waals surface area contributed by atoms with Crippen LogP contribution in [0.2, 0.25) is 0 Å². The SMILES string of the molecule is CCC(N)C(OCCc1ccccn1)c1ccc(C)o1. The molecular weight excluding hydrogens is 252 g/mol. The molecule has 2 N–H and O–H groups in total. The minimum atomic E-state index is -0.197. The van der Waals surface area contributed by atoms with Crippen molar-refractivity contribution in [1.29, 1.82) is 0 Å². The Bertz CT molecular complexity index is 510. The summed E-state index contributed by atoms with van der Waals surface area (Å²) in [6.45, 7) is 4.55. The normalized spacial score (nSPS) is 14.2. The summed E-state index contributed by atoms with van der Waals surface area (Å²) in [7, 11) is 0. The first-order valence-electron chi connectivity index (χ1n) is 7.04. The van der Waals surface area contributed by atoms with Gasteiger partial charge in [0, 0.05) is 24.4 Å². The van der Waals surface area contributed by atoms with Crippen LogP contribution in [0, 0.1) is 6.92 Å². The first kappa shape index (κ1) is 14.8. The van der Waals surface area contributed by atoms with Gasteiger partial charge in [-0.3, -0.25) is 4.98 Å². The van der Waals surface area contributed by atoms with Gasteiger partial charge in [-0.1, -0.05) is 13.0 Å². The van der Waals surface area contributed by atoms with Crippen molar-refractivity contribution >= 4 is 0 Å². The van der Waals surface area contributed by atoms with Crippen molar-refractivity contribution in [2.45, 2.75) is 38.8 Å². The summed E-state index contributed by atoms with van der Waals surface area (Å²) in [6, 6.07) is 9.70. The van der Waals surface area contributed by atoms with E-state index in [9.17, 15) is 0 Å². The van der Waals surface area contributed by atoms with E-state index < -0.39 is 0 Å². The fourth-order valence-electron chi connectivity index (χ4n) is 2.07. The molecule has 0 fully saturated rings. The second-order valence-corrected chi connectivity index (χ2v) is 4.88. The number of rotatable bonds is 7. The van der Waals surface area contributed by atoms with Gasteiger partial charge in [-0.15, -0.1) is 0 Å². The zero-order valence-electron chi connectivity index (χ0n) is 12.1. The van der Waals surface area contributed by atoms with Gasteiger partial charge in [-0.25, -0.2) is 0 Å². The summed E-state index contributed by atoms with van der Waals surface area (Å²) in [4.78, 5) is 4.28. The van der Waals surface area contributed by atoms with Gasteiger partial charge < -0.3 is 14.9 Å². The summed E-state index contributed by atoms with van der Waals surface area (Å²) in [5.41, 5.74) is 7.16. The molecule has 2 atom stereocenters. The van der Waals surface area contributed by atoms with Gasteiger partial charge in [-0.2, -0.15) is 0 Å². The Kier molecular flexibility index (Phi) is 5.32. The number of pyridine rings is 1. The number of furan rings is 1. The smallest absolute Gasteiger partial charge is 0.134 e. The van der Waals surface area contributed by atoms with Crippen LogP contribution in [0.15, 0.2) is 40.9 Å². The van der Waals surface area contributed by atoms with E-state index in [0.717, 1.165) is 30.1 Å². The molecule has 2 aromatic heterocycles. The second-order valence-electron chi connectivity index (χ2n) is 4.88. The Labute approximate surface area is 120 Å². The maximum absolute atomic E-state index is 6.14. The molecule has 0 aliphatic carbocycles. The lowest BCUT2D eigenvalue weighted by Gasteiger charge is -2.21. The van der Waals surface area contributed by atoms with Crippen LogP contribution < -0.4 is 5.73 Å². The third-order valence-electron chi connectivity index (χ3n) is 3.28. The summed E-state index contributed by atoms with van der Waals surface area (Å²) < 4.78 is 11.6. The predicted molar refractivity (Wildman–Crippen MR) is 78.3 cm³/mol. The van der Waals surface area contributed by atoms with Crippen molar-refractivity contribution in [3.63, 3.8) is 0 Å². The van der Waals surface area contributed by atoms with E-state index >= 15 is 0 Å². The van der Waals surface area contributed by atoms with E-state index in [1.165, 1.54) is 0 Å². The Morgan fingerprint density at radius 2 is 2.15 bits per heavy atom. The molecule has 2 heterocycles. The summed E-state index contributed by atoms with van der Waals surface area (Å²) in [5.74, 6) is 1.68. The average Bonchev–Trinajstić information content (AvgIpc) is 2.90. The number of nitrogens with two attached hydrogens (primary N) is 1. The Morgan fingerprint density at radius 3 is 2.75 bits per heavy atom. The van der Waals surface area contributed by atoms with E-state index in [-0.39, 0.29) is 12.1 Å². The molecule has 2 rings (SSSR count). The molecule has 0 spiro atoms. The number of aryl methyl sites for hydroxylation is 1. The van der Waals surface area contributed by atoms with Crippen LogP contribution in [0.5, 0.6) is 0 Å². The molecule has 0 saturated heterocycles. The molecule has 4 nitrogen and oxygen atoms in total. The molecule has 2 unspecified atom stereocenters. The third kappa shape index (κ3) is 3.92. The van der Waals surface area contributed by atoms with Crippen molar-refractivity contribution < 1.29 is 9.15 Å². The molecule has 0 amide bonds. The first-order valence-corrected chi connectivity index (χ1v) is 7.04. The van der Waals surface area contributed by atoms with E-state index in [1.807, 2.05) is 37.3 Å². The molecule has 20 heavy (non-hydrogen) atoms. The van der Waals surface area contributed by atoms with E-state index in [0.29, 0.717) is 6.61 Å². The molecule has 0 bridgehead atoms. The van der Waals surface area contributed by atoms with Gasteiger partial charge >= 0.3 is 0 Å². The number of nitrogens with zero attached hydrogens (tertiary/aromatic N) is 1. The molecule has 0 aromatic carbocycles. The lowest BCUT2D eigenvalue weighted by molar-refractivity contribution is 0.0201. The highest BCUT2D eigenvalue weighted by atomic mass is 16.5. The zero-order chi connectivity index (χ0) is 14.4. The second kappa shape index (κ2) is 7.22. The van der Waals surface area contributed by atoms with Crippen LogP contribution in [0.3, 0.4) is 0 Å². The lowest BCUT2D eigenvalue weighted by Crippen LogP contribution is -2.29. The summed E-state index contributed by atoms with van der Waals surface area (Å²) in [6.07, 6.45) is 3.21. The van der Waals surface area contributed by atoms with E-state index in [1.54, 1.807) is 6.20 Å². The molecule has 0 radical (unpaired) electrons. The minimum Gasteiger partial charge on any atom is -0.464 e. The van der Waals surface area contributed by atoms with Gasteiger partial charge in [0.15, 0.2) is 0 Å². The number of ether oxygens (including phenoxy) is 1. The predicted octanol–water partition coefficient (Wildman–Crippen LogP) is 3.02. The molecule has 4 heteroatoms. The standard InChI is InChI=1S/C16H22N2O2/c1-3-14(17)16(15-8-7-12(2)20-15)19-11-9-13-6-4-5-10-18-13/h4-8,10,14,16H,3,9,11,17H2,1-2H3. The molecule has 2 aromatic rings. The van der Waals surface area contributed by atoms with Crippen LogP contribution in [0.1, 0.15) is 36.7 Å². The van der Waals surface area contributed by atoms with Gasteiger partial charge in [0.2, 0.25) is 0 Å². The average molecular weight is 274 g/mol. The first-order chi connectivity index (χ1) is 9.70. The van der Waals surface area contributed by atoms with Gasteiger partial charge in [-0.05, 0) is 37.6 Å². The van der Waals surface area contributed by atoms with Gasteiger partial charge in [0.05, 0.1) is 6.61 Å². The molecule has 0 aliphatic heterocycles. The minimum absolute atomic E-state index is 0.0655. The number of aromatic nitrogens is 1. The van der Waals surface area contributed by atoms with Crippen molar-refractivity contribution in [3.8, 4) is 0 Å². The highest BCUT2D eigenvalue weighted by Crippen LogP contribution is 2.24. The molecule has 108 valence electrons. The summed E-state index contributed by atoms with van der Waals surface area (Å²) in [5, 5.41) is 0. The Hall–Kier alpha value is -1.65. The third-order valence-corrected chi connectivity index (χ3v) is 3.28. The lowest BCUT2D eigenvalue weighted by atomic mass is 10.1. The van der Waals surface area contributed by atoms with Crippen molar-refractivity contribution in [3.05, 3.63) is 53.7 Å². The van der Waals surface area contributed by atoms with Crippen LogP contribution in [0.25, 0.3) is 0 Å². The number of hydrogen-bond donors (Lipinski definition) is 1. The monoisotopic (exact) mass is 274 g/mol. The molecular formula is C16H22N2O2. The van der Waals surface area contributed by atoms with Crippen LogP contribution in [-0.4, -0.2) is 17.6 Å². The Balaban J connectivity index is 1.95. The van der Waals surface area contributed by atoms with Crippen LogP contribution >= 0.6 is 0 Å². The zero-order valence-corrected chi connectivity index (χ0v) is 12.1. The van der Waals surface area contributed by atoms with Crippen LogP contribution in [-0.2, 0) is 11.2 Å². The largest absolute Gasteiger partial charge is 0.464 e. The highest BCUT2D eigenvalue weighted by molar-refractivity contribution is 5.10. The molecule has 0 aliphatic rings. The number of hydrogen-bond acceptors (Lipinski definition) is 4. The van der Waals surface area contributed by atoms with E-state index in [2.05, 4.69) is 11.9 Å². The molecule has 0 saturated carbocycles. The quantitative estimate of drug-likeness (QED) is 0.843. The van der Waals surface area contributed by atoms with Gasteiger partial charge in [0.25, 0.3) is 0 Å². The highest BCUT2D eigenvalue weighted by Gasteiger charge is 2.22. The topological polar surface area (TPSA) is 61.3 Å². The van der Waals surface area contributed by atoms with Crippen molar-refractivity contribution in [2.24, 2.45) is 5.73 Å². The fraction of sp³-hybridized carbons (Fsp3) is 0.438. The van der Waals surface area contributed by atoms with Crippen molar-refractivity contribution in [1.82, 2.24) is 4.98 Å². The van der Waals surface area contributed by atoms with Crippen molar-refractivity contribution in [2.75, 3.05) is 6.61 Å². The maximum Gasteiger partial charge on any atom is 0.134 e.